The Balaban J connectivity index is 2.24. The number of halogens is 1. The van der Waals surface area contributed by atoms with Crippen LogP contribution >= 0.6 is 22.9 Å². The summed E-state index contributed by atoms with van der Waals surface area (Å²) in [4.78, 5) is 2.42. The summed E-state index contributed by atoms with van der Waals surface area (Å²) in [6, 6.07) is 0.835. The first-order valence-electron chi connectivity index (χ1n) is 4.85. The van der Waals surface area contributed by atoms with Crippen molar-refractivity contribution in [2.45, 2.75) is 32.2 Å². The fraction of sp³-hybridized carbons (Fsp3) is 1.00. The van der Waals surface area contributed by atoms with Crippen LogP contribution in [-0.2, 0) is 0 Å². The van der Waals surface area contributed by atoms with Gasteiger partial charge in [0.25, 0.3) is 0 Å². The molecule has 0 radical (unpaired) electrons. The van der Waals surface area contributed by atoms with Crippen LogP contribution in [0.25, 0.3) is 0 Å². The fourth-order valence-electron chi connectivity index (χ4n) is 1.67. The summed E-state index contributed by atoms with van der Waals surface area (Å²) in [6.45, 7) is 6.04. The highest BCUT2D eigenvalue weighted by Crippen LogP contribution is 2.18. The van der Waals surface area contributed by atoms with E-state index in [4.69, 9.17) is 0 Å². The minimum atomic E-state index is 0.835. The van der Waals surface area contributed by atoms with Crippen molar-refractivity contribution >= 4 is 22.9 Å². The average molecular weight is 282 g/mol. The Morgan fingerprint density at radius 1 is 1.42 bits per heavy atom. The molecule has 1 heterocycles. The average Bonchev–Trinajstić information content (AvgIpc) is 2.06. The third-order valence-electron chi connectivity index (χ3n) is 2.52. The maximum absolute atomic E-state index is 2.49. The molecule has 1 fully saturated rings. The molecular weight excluding hydrogens is 263 g/mol. The van der Waals surface area contributed by atoms with Gasteiger partial charge in [-0.1, -0.05) is 6.92 Å². The predicted molar refractivity (Wildman–Crippen MR) is 61.5 cm³/mol. The lowest BCUT2D eigenvalue weighted by atomic mass is 10.1. The van der Waals surface area contributed by atoms with E-state index in [1.165, 1.54) is 38.9 Å². The van der Waals surface area contributed by atoms with E-state index in [0.29, 0.717) is 0 Å². The van der Waals surface area contributed by atoms with Crippen LogP contribution in [0.3, 0.4) is 0 Å². The van der Waals surface area contributed by atoms with Gasteiger partial charge in [0.2, 0.25) is 0 Å². The monoisotopic (exact) mass is 282 g/mol. The Morgan fingerprint density at radius 3 is 2.50 bits per heavy atom. The SMILES string of the molecule is CCCN(I)C1CCN(C)CC1. The van der Waals surface area contributed by atoms with E-state index in [2.05, 4.69) is 44.8 Å². The topological polar surface area (TPSA) is 6.48 Å². The van der Waals surface area contributed by atoms with Crippen LogP contribution in [-0.4, -0.2) is 40.7 Å². The van der Waals surface area contributed by atoms with Gasteiger partial charge in [-0.05, 0) is 39.4 Å². The van der Waals surface area contributed by atoms with Gasteiger partial charge in [0, 0.05) is 35.5 Å². The molecule has 1 rings (SSSR count). The molecule has 0 aromatic rings. The molecule has 72 valence electrons. The highest BCUT2D eigenvalue weighted by molar-refractivity contribution is 14.1. The van der Waals surface area contributed by atoms with Gasteiger partial charge in [-0.2, -0.15) is 0 Å². The third-order valence-corrected chi connectivity index (χ3v) is 3.79. The summed E-state index contributed by atoms with van der Waals surface area (Å²) in [6.07, 6.45) is 3.97. The van der Waals surface area contributed by atoms with E-state index >= 15 is 0 Å². The zero-order valence-electron chi connectivity index (χ0n) is 8.09. The Morgan fingerprint density at radius 2 is 2.00 bits per heavy atom. The van der Waals surface area contributed by atoms with Crippen molar-refractivity contribution < 1.29 is 0 Å². The summed E-state index contributed by atoms with van der Waals surface area (Å²) in [5.41, 5.74) is 0. The molecule has 0 aromatic carbocycles. The van der Waals surface area contributed by atoms with E-state index in [-0.39, 0.29) is 0 Å². The van der Waals surface area contributed by atoms with Crippen molar-refractivity contribution in [3.63, 3.8) is 0 Å². The van der Waals surface area contributed by atoms with Crippen molar-refractivity contribution in [1.29, 1.82) is 0 Å². The van der Waals surface area contributed by atoms with Gasteiger partial charge in [0.15, 0.2) is 0 Å². The van der Waals surface area contributed by atoms with Crippen LogP contribution < -0.4 is 0 Å². The maximum Gasteiger partial charge on any atom is 0.0218 e. The van der Waals surface area contributed by atoms with Crippen LogP contribution in [0.5, 0.6) is 0 Å². The number of rotatable bonds is 3. The van der Waals surface area contributed by atoms with Crippen LogP contribution in [0.2, 0.25) is 0 Å². The van der Waals surface area contributed by atoms with Gasteiger partial charge in [-0.15, -0.1) is 0 Å². The summed E-state index contributed by atoms with van der Waals surface area (Å²) in [7, 11) is 2.22. The Kier molecular flexibility index (Phi) is 4.82. The fourth-order valence-corrected chi connectivity index (χ4v) is 2.71. The minimum absolute atomic E-state index is 0.835. The van der Waals surface area contributed by atoms with Gasteiger partial charge >= 0.3 is 0 Å². The van der Waals surface area contributed by atoms with Crippen molar-refractivity contribution in [1.82, 2.24) is 8.01 Å². The summed E-state index contributed by atoms with van der Waals surface area (Å²) < 4.78 is 2.49. The van der Waals surface area contributed by atoms with Crippen LogP contribution in [0.1, 0.15) is 26.2 Å². The number of hydrogen-bond acceptors (Lipinski definition) is 2. The molecular formula is C9H19IN2. The molecule has 0 aromatic heterocycles. The smallest absolute Gasteiger partial charge is 0.0218 e. The summed E-state index contributed by atoms with van der Waals surface area (Å²) in [5, 5.41) is 0. The molecule has 1 aliphatic heterocycles. The van der Waals surface area contributed by atoms with E-state index < -0.39 is 0 Å². The van der Waals surface area contributed by atoms with Gasteiger partial charge in [-0.25, -0.2) is 3.11 Å². The standard InChI is InChI=1S/C9H19IN2/c1-3-6-12(10)9-4-7-11(2)8-5-9/h9H,3-8H2,1-2H3. The second kappa shape index (κ2) is 5.40. The Labute approximate surface area is 89.8 Å². The quantitative estimate of drug-likeness (QED) is 0.578. The molecule has 0 aliphatic carbocycles. The minimum Gasteiger partial charge on any atom is -0.306 e. The largest absolute Gasteiger partial charge is 0.306 e. The molecule has 0 N–H and O–H groups in total. The number of hydrogen-bond donors (Lipinski definition) is 0. The lowest BCUT2D eigenvalue weighted by Crippen LogP contribution is -2.39. The lowest BCUT2D eigenvalue weighted by molar-refractivity contribution is 0.201. The van der Waals surface area contributed by atoms with Gasteiger partial charge in [-0.3, -0.25) is 0 Å². The summed E-state index contributed by atoms with van der Waals surface area (Å²) >= 11 is 2.48. The molecule has 1 saturated heterocycles. The molecule has 1 aliphatic rings. The second-order valence-electron chi connectivity index (χ2n) is 3.66. The third kappa shape index (κ3) is 3.18. The first kappa shape index (κ1) is 10.7. The number of likely N-dealkylation sites (tertiary alicyclic amines) is 1. The van der Waals surface area contributed by atoms with Crippen molar-refractivity contribution in [3.8, 4) is 0 Å². The van der Waals surface area contributed by atoms with Crippen LogP contribution in [0.4, 0.5) is 0 Å². The molecule has 3 heteroatoms. The van der Waals surface area contributed by atoms with Gasteiger partial charge < -0.3 is 4.90 Å². The van der Waals surface area contributed by atoms with Gasteiger partial charge in [0.1, 0.15) is 0 Å². The number of piperidine rings is 1. The van der Waals surface area contributed by atoms with E-state index in [9.17, 15) is 0 Å². The maximum atomic E-state index is 2.49. The van der Waals surface area contributed by atoms with E-state index in [1.54, 1.807) is 0 Å². The lowest BCUT2D eigenvalue weighted by Gasteiger charge is -2.33. The molecule has 2 nitrogen and oxygen atoms in total. The molecule has 0 saturated carbocycles. The Hall–Kier alpha value is 0.650. The van der Waals surface area contributed by atoms with Crippen LogP contribution in [0, 0.1) is 0 Å². The molecule has 0 amide bonds. The second-order valence-corrected chi connectivity index (χ2v) is 4.90. The molecule has 0 spiro atoms. The molecule has 0 bridgehead atoms. The first-order chi connectivity index (χ1) is 5.74. The zero-order valence-corrected chi connectivity index (χ0v) is 10.2. The first-order valence-corrected chi connectivity index (χ1v) is 5.81. The van der Waals surface area contributed by atoms with E-state index in [0.717, 1.165) is 6.04 Å². The highest BCUT2D eigenvalue weighted by atomic mass is 127. The van der Waals surface area contributed by atoms with Crippen molar-refractivity contribution in [2.75, 3.05) is 26.7 Å². The van der Waals surface area contributed by atoms with Crippen molar-refractivity contribution in [3.05, 3.63) is 0 Å². The zero-order chi connectivity index (χ0) is 8.97. The molecule has 0 atom stereocenters. The molecule has 12 heavy (non-hydrogen) atoms. The van der Waals surface area contributed by atoms with Crippen molar-refractivity contribution in [2.24, 2.45) is 0 Å². The number of nitrogens with zero attached hydrogens (tertiary/aromatic N) is 2. The Bertz CT molecular complexity index is 122. The highest BCUT2D eigenvalue weighted by Gasteiger charge is 2.20. The molecule has 0 unspecified atom stereocenters. The van der Waals surface area contributed by atoms with E-state index in [1.807, 2.05) is 0 Å². The predicted octanol–water partition coefficient (Wildman–Crippen LogP) is 2.14. The summed E-state index contributed by atoms with van der Waals surface area (Å²) in [5.74, 6) is 0. The van der Waals surface area contributed by atoms with Gasteiger partial charge in [0.05, 0.1) is 0 Å². The normalized spacial score (nSPS) is 22.0. The van der Waals surface area contributed by atoms with Crippen LogP contribution in [0.15, 0.2) is 0 Å².